The normalized spacial score (nSPS) is 26.5. The highest BCUT2D eigenvalue weighted by atomic mass is 16.2. The summed E-state index contributed by atoms with van der Waals surface area (Å²) in [4.78, 5) is 64.0. The highest BCUT2D eigenvalue weighted by molar-refractivity contribution is 5.97. The Morgan fingerprint density at radius 1 is 1.11 bits per heavy atom. The van der Waals surface area contributed by atoms with Gasteiger partial charge in [0.1, 0.15) is 23.7 Å². The van der Waals surface area contributed by atoms with E-state index in [0.29, 0.717) is 13.0 Å². The van der Waals surface area contributed by atoms with Crippen molar-refractivity contribution in [1.82, 2.24) is 31.9 Å². The van der Waals surface area contributed by atoms with Crippen LogP contribution in [0, 0.1) is 11.3 Å². The third-order valence-corrected chi connectivity index (χ3v) is 5.75. The molecule has 0 saturated carbocycles. The fourth-order valence-corrected chi connectivity index (χ4v) is 3.36. The van der Waals surface area contributed by atoms with Crippen LogP contribution in [0.15, 0.2) is 0 Å². The number of nitrogens with two attached hydrogens (primary N) is 1. The van der Waals surface area contributed by atoms with Gasteiger partial charge < -0.3 is 37.6 Å². The molecule has 4 atom stereocenters. The van der Waals surface area contributed by atoms with Crippen molar-refractivity contribution in [3.05, 3.63) is 0 Å². The molecular weight excluding hydrogens is 456 g/mol. The van der Waals surface area contributed by atoms with E-state index in [2.05, 4.69) is 31.9 Å². The van der Waals surface area contributed by atoms with Gasteiger partial charge in [0.05, 0.1) is 0 Å². The molecule has 1 saturated heterocycles. The van der Waals surface area contributed by atoms with Gasteiger partial charge in [-0.1, -0.05) is 20.8 Å². The van der Waals surface area contributed by atoms with Crippen LogP contribution in [0.25, 0.3) is 0 Å². The maximum absolute atomic E-state index is 13.4. The van der Waals surface area contributed by atoms with E-state index in [1.165, 1.54) is 13.8 Å². The van der Waals surface area contributed by atoms with Crippen LogP contribution in [0.2, 0.25) is 0 Å². The highest BCUT2D eigenvalue weighted by Crippen LogP contribution is 2.13. The molecule has 1 fully saturated rings. The lowest BCUT2D eigenvalue weighted by molar-refractivity contribution is -0.138. The maximum Gasteiger partial charge on any atom is 0.246 e. The van der Waals surface area contributed by atoms with Gasteiger partial charge >= 0.3 is 0 Å². The van der Waals surface area contributed by atoms with Gasteiger partial charge in [0.15, 0.2) is 5.96 Å². The molecule has 0 spiro atoms. The second kappa shape index (κ2) is 13.5. The Balaban J connectivity index is 3.26. The summed E-state index contributed by atoms with van der Waals surface area (Å²) in [5.41, 5.74) is 3.88. The van der Waals surface area contributed by atoms with Crippen molar-refractivity contribution in [2.75, 3.05) is 13.1 Å². The fourth-order valence-electron chi connectivity index (χ4n) is 3.36. The number of hydrogen-bond acceptors (Lipinski definition) is 6. The second-order valence-corrected chi connectivity index (χ2v) is 9.23. The van der Waals surface area contributed by atoms with Crippen LogP contribution in [-0.4, -0.2) is 72.2 Å². The van der Waals surface area contributed by atoms with E-state index in [1.807, 2.05) is 0 Å². The summed E-state index contributed by atoms with van der Waals surface area (Å²) in [5.74, 6) is -3.10. The first-order valence-electron chi connectivity index (χ1n) is 11.9. The van der Waals surface area contributed by atoms with Gasteiger partial charge in [-0.15, -0.1) is 0 Å². The first-order chi connectivity index (χ1) is 16.3. The van der Waals surface area contributed by atoms with Gasteiger partial charge in [-0.2, -0.15) is 0 Å². The van der Waals surface area contributed by atoms with Crippen molar-refractivity contribution >= 4 is 35.5 Å². The Labute approximate surface area is 206 Å². The standard InChI is InChI=1S/C22H40N8O5/c1-6-14-18(33)27-13(4)17(32)25-11-9-22(5,30-16(31)12(2)3)20(35)29-15(19(34)28-14)8-7-10-26-21(23)24/h12-15H,6-11H2,1-5H3,(H,25,32)(H,27,33)(H,28,34)(H,29,35)(H,30,31)(H4,23,24,26)/t13-,14+,15+,22-/m1/s1. The molecule has 198 valence electrons. The topological polar surface area (TPSA) is 207 Å². The molecule has 0 unspecified atom stereocenters. The largest absolute Gasteiger partial charge is 0.370 e. The molecular formula is C22H40N8O5. The molecule has 1 heterocycles. The number of rotatable bonds is 7. The van der Waals surface area contributed by atoms with Crippen molar-refractivity contribution in [2.45, 2.75) is 84.0 Å². The van der Waals surface area contributed by atoms with Crippen LogP contribution in [0.1, 0.15) is 60.3 Å². The van der Waals surface area contributed by atoms with Gasteiger partial charge in [-0.25, -0.2) is 0 Å². The van der Waals surface area contributed by atoms with Crippen molar-refractivity contribution < 1.29 is 24.0 Å². The summed E-state index contributed by atoms with van der Waals surface area (Å²) in [6.07, 6.45) is 0.905. The van der Waals surface area contributed by atoms with Crippen LogP contribution in [0.4, 0.5) is 0 Å². The monoisotopic (exact) mass is 496 g/mol. The van der Waals surface area contributed by atoms with Crippen molar-refractivity contribution in [3.8, 4) is 0 Å². The minimum Gasteiger partial charge on any atom is -0.370 e. The van der Waals surface area contributed by atoms with Crippen LogP contribution in [-0.2, 0) is 24.0 Å². The molecule has 13 nitrogen and oxygen atoms in total. The quantitative estimate of drug-likeness (QED) is 0.115. The summed E-state index contributed by atoms with van der Waals surface area (Å²) < 4.78 is 0. The highest BCUT2D eigenvalue weighted by Gasteiger charge is 2.38. The van der Waals surface area contributed by atoms with E-state index < -0.39 is 47.3 Å². The molecule has 0 aromatic heterocycles. The van der Waals surface area contributed by atoms with E-state index >= 15 is 0 Å². The van der Waals surface area contributed by atoms with Gasteiger partial charge in [-0.3, -0.25) is 29.4 Å². The molecule has 1 aliphatic heterocycles. The smallest absolute Gasteiger partial charge is 0.246 e. The van der Waals surface area contributed by atoms with Gasteiger partial charge in [-0.05, 0) is 39.5 Å². The fraction of sp³-hybridized carbons (Fsp3) is 0.727. The Hall–Kier alpha value is -3.38. The molecule has 13 heteroatoms. The third-order valence-electron chi connectivity index (χ3n) is 5.75. The average molecular weight is 497 g/mol. The lowest BCUT2D eigenvalue weighted by Crippen LogP contribution is -2.63. The predicted octanol–water partition coefficient (Wildman–Crippen LogP) is -1.82. The minimum atomic E-state index is -1.41. The van der Waals surface area contributed by atoms with Crippen molar-refractivity contribution in [2.24, 2.45) is 11.7 Å². The Kier molecular flexibility index (Phi) is 11.4. The molecule has 5 amide bonds. The zero-order chi connectivity index (χ0) is 26.8. The summed E-state index contributed by atoms with van der Waals surface area (Å²) in [6.45, 7) is 8.50. The van der Waals surface area contributed by atoms with E-state index in [1.54, 1.807) is 20.8 Å². The van der Waals surface area contributed by atoms with E-state index in [0.717, 1.165) is 0 Å². The second-order valence-electron chi connectivity index (χ2n) is 9.23. The summed E-state index contributed by atoms with van der Waals surface area (Å²) >= 11 is 0. The summed E-state index contributed by atoms with van der Waals surface area (Å²) in [7, 11) is 0. The first-order valence-corrected chi connectivity index (χ1v) is 11.9. The number of carbonyl (C=O) groups is 5. The maximum atomic E-state index is 13.4. The molecule has 0 bridgehead atoms. The van der Waals surface area contributed by atoms with E-state index in [9.17, 15) is 24.0 Å². The molecule has 35 heavy (non-hydrogen) atoms. The third kappa shape index (κ3) is 9.41. The van der Waals surface area contributed by atoms with Crippen LogP contribution in [0.3, 0.4) is 0 Å². The molecule has 0 radical (unpaired) electrons. The molecule has 1 aliphatic rings. The Morgan fingerprint density at radius 2 is 1.74 bits per heavy atom. The van der Waals surface area contributed by atoms with Gasteiger partial charge in [0.25, 0.3) is 0 Å². The van der Waals surface area contributed by atoms with Gasteiger partial charge in [0.2, 0.25) is 29.5 Å². The van der Waals surface area contributed by atoms with Crippen molar-refractivity contribution in [1.29, 1.82) is 5.41 Å². The molecule has 0 aromatic rings. The van der Waals surface area contributed by atoms with Crippen LogP contribution >= 0.6 is 0 Å². The van der Waals surface area contributed by atoms with E-state index in [4.69, 9.17) is 11.1 Å². The zero-order valence-corrected chi connectivity index (χ0v) is 21.2. The number of guanidine groups is 1. The van der Waals surface area contributed by atoms with Gasteiger partial charge in [0, 0.05) is 19.0 Å². The van der Waals surface area contributed by atoms with Crippen LogP contribution in [0.5, 0.6) is 0 Å². The molecule has 0 aliphatic carbocycles. The molecule has 9 N–H and O–H groups in total. The van der Waals surface area contributed by atoms with E-state index in [-0.39, 0.29) is 43.6 Å². The number of amides is 5. The zero-order valence-electron chi connectivity index (χ0n) is 21.2. The minimum absolute atomic E-state index is 0.0535. The van der Waals surface area contributed by atoms with Crippen molar-refractivity contribution in [3.63, 3.8) is 0 Å². The number of carbonyl (C=O) groups excluding carboxylic acids is 5. The molecule has 0 aromatic carbocycles. The Bertz CT molecular complexity index is 818. The average Bonchev–Trinajstić information content (AvgIpc) is 2.77. The lowest BCUT2D eigenvalue weighted by atomic mass is 9.94. The summed E-state index contributed by atoms with van der Waals surface area (Å²) in [5, 5.41) is 23.2. The molecule has 1 rings (SSSR count). The number of nitrogens with one attached hydrogen (secondary N) is 7. The summed E-state index contributed by atoms with van der Waals surface area (Å²) in [6, 6.07) is -2.79. The SMILES string of the molecule is CC[C@@H]1NC(=O)[C@H](CCCNC(=N)N)NC(=O)[C@](C)(NC(=O)C(C)C)CCNC(=O)[C@@H](C)NC1=O. The predicted molar refractivity (Wildman–Crippen MR) is 130 cm³/mol. The first kappa shape index (κ1) is 29.7. The van der Waals surface area contributed by atoms with Crippen LogP contribution < -0.4 is 37.6 Å². The Morgan fingerprint density at radius 3 is 2.31 bits per heavy atom. The number of hydrogen-bond donors (Lipinski definition) is 8. The lowest BCUT2D eigenvalue weighted by Gasteiger charge is -2.33.